The molecule has 0 saturated carbocycles. The summed E-state index contributed by atoms with van der Waals surface area (Å²) >= 11 is 0. The average Bonchev–Trinajstić information content (AvgIpc) is 2.93. The molecule has 3 aromatic rings. The van der Waals surface area contributed by atoms with E-state index < -0.39 is 23.2 Å². The van der Waals surface area contributed by atoms with E-state index in [0.717, 1.165) is 11.1 Å². The van der Waals surface area contributed by atoms with Crippen molar-refractivity contribution < 1.29 is 24.2 Å². The number of ether oxygens (including phenoxy) is 1. The fourth-order valence-electron chi connectivity index (χ4n) is 4.75. The predicted octanol–water partition coefficient (Wildman–Crippen LogP) is 5.16. The van der Waals surface area contributed by atoms with E-state index in [4.69, 9.17) is 4.74 Å². The lowest BCUT2D eigenvalue weighted by molar-refractivity contribution is 0.0524. The number of aryl methyl sites for hydroxylation is 2. The number of carbonyl (C=O) groups excluding carboxylic acids is 2. The van der Waals surface area contributed by atoms with Gasteiger partial charge in [-0.1, -0.05) is 55.0 Å². The molecule has 1 atom stereocenters. The summed E-state index contributed by atoms with van der Waals surface area (Å²) in [7, 11) is 0. The van der Waals surface area contributed by atoms with Crippen LogP contribution < -0.4 is 10.9 Å². The highest BCUT2D eigenvalue weighted by Gasteiger charge is 2.27. The van der Waals surface area contributed by atoms with Crippen molar-refractivity contribution in [2.45, 2.75) is 72.4 Å². The summed E-state index contributed by atoms with van der Waals surface area (Å²) in [5, 5.41) is 12.5. The molecule has 2 aromatic carbocycles. The van der Waals surface area contributed by atoms with Crippen molar-refractivity contribution in [3.8, 4) is 0 Å². The summed E-state index contributed by atoms with van der Waals surface area (Å²) in [6, 6.07) is 16.6. The minimum absolute atomic E-state index is 0.133. The van der Waals surface area contributed by atoms with Gasteiger partial charge in [0.2, 0.25) is 0 Å². The number of aromatic nitrogens is 2. The Morgan fingerprint density at radius 3 is 2.28 bits per heavy atom. The van der Waals surface area contributed by atoms with Gasteiger partial charge in [-0.3, -0.25) is 14.2 Å². The third-order valence-electron chi connectivity index (χ3n) is 6.93. The zero-order valence-electron chi connectivity index (χ0n) is 25.8. The number of carbonyl (C=O) groups is 3. The van der Waals surface area contributed by atoms with Crippen molar-refractivity contribution in [2.24, 2.45) is 0 Å². The van der Waals surface area contributed by atoms with Gasteiger partial charge >= 0.3 is 12.1 Å². The number of carboxylic acids is 1. The largest absolute Gasteiger partial charge is 0.477 e. The Kier molecular flexibility index (Phi) is 11.2. The quantitative estimate of drug-likeness (QED) is 0.279. The number of hydrogen-bond acceptors (Lipinski definition) is 6. The van der Waals surface area contributed by atoms with Crippen molar-refractivity contribution >= 4 is 18.0 Å². The van der Waals surface area contributed by atoms with Gasteiger partial charge in [-0.25, -0.2) is 14.6 Å². The van der Waals surface area contributed by atoms with Crippen molar-refractivity contribution in [1.82, 2.24) is 19.8 Å². The molecule has 230 valence electrons. The molecule has 1 heterocycles. The summed E-state index contributed by atoms with van der Waals surface area (Å²) in [4.78, 5) is 57.7. The van der Waals surface area contributed by atoms with Crippen molar-refractivity contribution in [1.29, 1.82) is 0 Å². The van der Waals surface area contributed by atoms with Crippen LogP contribution in [0, 0.1) is 13.8 Å². The van der Waals surface area contributed by atoms with Gasteiger partial charge in [-0.15, -0.1) is 0 Å². The maximum absolute atomic E-state index is 13.8. The van der Waals surface area contributed by atoms with E-state index in [1.165, 1.54) is 11.5 Å². The van der Waals surface area contributed by atoms with Crippen LogP contribution in [0.2, 0.25) is 0 Å². The Labute approximate surface area is 252 Å². The smallest absolute Gasteiger partial charge is 0.407 e. The van der Waals surface area contributed by atoms with Gasteiger partial charge in [0, 0.05) is 31.1 Å². The van der Waals surface area contributed by atoms with Crippen molar-refractivity contribution in [3.63, 3.8) is 0 Å². The average molecular weight is 591 g/mol. The van der Waals surface area contributed by atoms with Crippen LogP contribution in [0.25, 0.3) is 0 Å². The lowest BCUT2D eigenvalue weighted by Gasteiger charge is -2.29. The van der Waals surface area contributed by atoms with E-state index >= 15 is 0 Å². The van der Waals surface area contributed by atoms with Crippen LogP contribution >= 0.6 is 0 Å². The normalized spacial score (nSPS) is 12.0. The molecular formula is C33H42N4O6. The van der Waals surface area contributed by atoms with E-state index in [2.05, 4.69) is 10.3 Å². The molecule has 3 rings (SSSR count). The van der Waals surface area contributed by atoms with Crippen LogP contribution in [0.4, 0.5) is 4.79 Å². The van der Waals surface area contributed by atoms with Gasteiger partial charge < -0.3 is 20.1 Å². The molecule has 0 unspecified atom stereocenters. The molecule has 2 amide bonds. The van der Waals surface area contributed by atoms with Crippen LogP contribution in [-0.2, 0) is 11.3 Å². The van der Waals surface area contributed by atoms with E-state index in [1.807, 2.05) is 56.3 Å². The Morgan fingerprint density at radius 1 is 1.05 bits per heavy atom. The van der Waals surface area contributed by atoms with Crippen LogP contribution in [0.15, 0.2) is 59.4 Å². The second-order valence-corrected chi connectivity index (χ2v) is 11.6. The first-order valence-electron chi connectivity index (χ1n) is 14.5. The van der Waals surface area contributed by atoms with E-state index in [9.17, 15) is 24.3 Å². The Hall–Kier alpha value is -4.47. The molecular weight excluding hydrogens is 548 g/mol. The highest BCUT2D eigenvalue weighted by Crippen LogP contribution is 2.22. The third kappa shape index (κ3) is 9.26. The molecule has 0 spiro atoms. The summed E-state index contributed by atoms with van der Waals surface area (Å²) in [6.45, 7) is 11.8. The molecule has 1 aromatic heterocycles. The minimum Gasteiger partial charge on any atom is -0.477 e. The van der Waals surface area contributed by atoms with Crippen LogP contribution in [0.3, 0.4) is 0 Å². The molecule has 10 nitrogen and oxygen atoms in total. The number of carboxylic acid groups (broad SMARTS) is 1. The summed E-state index contributed by atoms with van der Waals surface area (Å²) in [5.41, 5.74) is 0.886. The molecule has 43 heavy (non-hydrogen) atoms. The maximum Gasteiger partial charge on any atom is 0.407 e. The Bertz CT molecular complexity index is 1480. The number of nitrogens with zero attached hydrogens (tertiary/aromatic N) is 3. The van der Waals surface area contributed by atoms with Crippen molar-refractivity contribution in [3.05, 3.63) is 98.7 Å². The summed E-state index contributed by atoms with van der Waals surface area (Å²) in [5.74, 6) is -1.46. The first-order chi connectivity index (χ1) is 20.3. The minimum atomic E-state index is -1.33. The van der Waals surface area contributed by atoms with Gasteiger partial charge in [0.1, 0.15) is 17.0 Å². The topological polar surface area (TPSA) is 131 Å². The molecule has 2 N–H and O–H groups in total. The maximum atomic E-state index is 13.8. The second kappa shape index (κ2) is 14.6. The van der Waals surface area contributed by atoms with E-state index in [-0.39, 0.29) is 36.2 Å². The van der Waals surface area contributed by atoms with Gasteiger partial charge in [-0.05, 0) is 65.2 Å². The molecule has 0 aliphatic rings. The standard InChI is InChI=1S/C33H42N4O6/c1-7-25(28-35-23(3)27(31(40)41)30(39)37(28)20-24-12-9-8-10-13-24)21-36(29(38)26-16-14-22(2)15-17-26)19-11-18-34-32(42)43-33(4,5)6/h8-10,12-17,25H,7,11,18-21H2,1-6H3,(H,34,42)(H,40,41)/t25-/m1/s1. The van der Waals surface area contributed by atoms with Gasteiger partial charge in [-0.2, -0.15) is 0 Å². The zero-order valence-corrected chi connectivity index (χ0v) is 25.8. The van der Waals surface area contributed by atoms with Crippen molar-refractivity contribution in [2.75, 3.05) is 19.6 Å². The van der Waals surface area contributed by atoms with E-state index in [1.54, 1.807) is 37.8 Å². The zero-order chi connectivity index (χ0) is 31.7. The first-order valence-corrected chi connectivity index (χ1v) is 14.5. The second-order valence-electron chi connectivity index (χ2n) is 11.6. The fourth-order valence-corrected chi connectivity index (χ4v) is 4.75. The number of hydrogen-bond donors (Lipinski definition) is 2. The number of nitrogens with one attached hydrogen (secondary N) is 1. The van der Waals surface area contributed by atoms with Gasteiger partial charge in [0.15, 0.2) is 0 Å². The highest BCUT2D eigenvalue weighted by molar-refractivity contribution is 5.94. The van der Waals surface area contributed by atoms with Gasteiger partial charge in [0.05, 0.1) is 12.2 Å². The SMILES string of the molecule is CC[C@H](CN(CCCNC(=O)OC(C)(C)C)C(=O)c1ccc(C)cc1)c1nc(C)c(C(=O)O)c(=O)n1Cc1ccccc1. The number of rotatable bonds is 12. The van der Waals surface area contributed by atoms with E-state index in [0.29, 0.717) is 37.3 Å². The van der Waals surface area contributed by atoms with Crippen LogP contribution in [-0.4, -0.2) is 62.8 Å². The number of alkyl carbamates (subject to hydrolysis) is 1. The van der Waals surface area contributed by atoms with Gasteiger partial charge in [0.25, 0.3) is 11.5 Å². The Morgan fingerprint density at radius 2 is 1.70 bits per heavy atom. The lowest BCUT2D eigenvalue weighted by Crippen LogP contribution is -2.40. The number of benzene rings is 2. The highest BCUT2D eigenvalue weighted by atomic mass is 16.6. The fraction of sp³-hybridized carbons (Fsp3) is 0.424. The Balaban J connectivity index is 1.95. The first kappa shape index (κ1) is 33.0. The summed E-state index contributed by atoms with van der Waals surface area (Å²) in [6.07, 6.45) is 0.480. The molecule has 0 aliphatic carbocycles. The third-order valence-corrected chi connectivity index (χ3v) is 6.93. The molecule has 10 heteroatoms. The molecule has 0 saturated heterocycles. The monoisotopic (exact) mass is 590 g/mol. The van der Waals surface area contributed by atoms with Crippen LogP contribution in [0.5, 0.6) is 0 Å². The molecule has 0 radical (unpaired) electrons. The lowest BCUT2D eigenvalue weighted by atomic mass is 10.0. The number of amides is 2. The molecule has 0 fully saturated rings. The molecule has 0 bridgehead atoms. The number of aromatic carboxylic acids is 1. The van der Waals surface area contributed by atoms with Crippen LogP contribution in [0.1, 0.15) is 89.8 Å². The predicted molar refractivity (Wildman–Crippen MR) is 165 cm³/mol. The molecule has 0 aliphatic heterocycles. The summed E-state index contributed by atoms with van der Waals surface area (Å²) < 4.78 is 6.73.